The lowest BCUT2D eigenvalue weighted by Crippen LogP contribution is -2.22. The highest BCUT2D eigenvalue weighted by atomic mass is 79.9. The van der Waals surface area contributed by atoms with Gasteiger partial charge in [0.2, 0.25) is 11.8 Å². The molecule has 1 aliphatic heterocycles. The number of carbonyl (C=O) groups excluding carboxylic acids is 1. The molecular weight excluding hydrogens is 509 g/mol. The van der Waals surface area contributed by atoms with Crippen molar-refractivity contribution in [2.45, 2.75) is 24.2 Å². The lowest BCUT2D eigenvalue weighted by atomic mass is 10.1. The number of alkyl halides is 3. The molecule has 1 saturated heterocycles. The van der Waals surface area contributed by atoms with Gasteiger partial charge in [0, 0.05) is 23.1 Å². The Kier molecular flexibility index (Phi) is 6.75. The number of rotatable bonds is 6. The molecule has 0 saturated carbocycles. The first kappa shape index (κ1) is 22.7. The van der Waals surface area contributed by atoms with Gasteiger partial charge >= 0.3 is 6.18 Å². The second kappa shape index (κ2) is 9.53. The van der Waals surface area contributed by atoms with Crippen LogP contribution in [-0.2, 0) is 11.0 Å². The van der Waals surface area contributed by atoms with Crippen LogP contribution in [0.1, 0.15) is 18.4 Å². The first-order chi connectivity index (χ1) is 15.3. The number of nitrogens with one attached hydrogen (secondary N) is 1. The summed E-state index contributed by atoms with van der Waals surface area (Å²) in [5, 5.41) is 10.9. The molecule has 0 unspecified atom stereocenters. The van der Waals surface area contributed by atoms with E-state index in [1.54, 1.807) is 0 Å². The van der Waals surface area contributed by atoms with Crippen LogP contribution in [0.3, 0.4) is 0 Å². The molecule has 2 aromatic carbocycles. The van der Waals surface area contributed by atoms with Crippen molar-refractivity contribution in [3.8, 4) is 11.5 Å². The number of thioether (sulfide) groups is 1. The van der Waals surface area contributed by atoms with Crippen molar-refractivity contribution in [3.05, 3.63) is 52.5 Å². The molecule has 0 bridgehead atoms. The van der Waals surface area contributed by atoms with Gasteiger partial charge in [0.25, 0.3) is 5.22 Å². The van der Waals surface area contributed by atoms with Crippen molar-refractivity contribution in [2.24, 2.45) is 0 Å². The van der Waals surface area contributed by atoms with E-state index in [0.29, 0.717) is 30.4 Å². The molecule has 1 aromatic heterocycles. The average Bonchev–Trinajstić information content (AvgIpc) is 3.45. The predicted octanol–water partition coefficient (Wildman–Crippen LogP) is 5.85. The van der Waals surface area contributed by atoms with Crippen LogP contribution in [0.5, 0.6) is 0 Å². The number of benzene rings is 2. The molecule has 1 N–H and O–H groups in total. The molecule has 0 atom stereocenters. The van der Waals surface area contributed by atoms with E-state index >= 15 is 0 Å². The maximum absolute atomic E-state index is 13.2. The standard InChI is InChI=1S/C21H18BrF3N4O2S/c22-15-6-3-13(4-7-15)19-27-28-20(31-19)32-12-18(30)26-16-8-5-14(21(23,24)25)11-17(16)29-9-1-2-10-29/h3-8,11H,1-2,9-10,12H2,(H,26,30). The second-order valence-electron chi connectivity index (χ2n) is 7.14. The zero-order valence-electron chi connectivity index (χ0n) is 16.7. The van der Waals surface area contributed by atoms with Crippen LogP contribution in [0.25, 0.3) is 11.5 Å². The van der Waals surface area contributed by atoms with E-state index in [1.807, 2.05) is 29.2 Å². The van der Waals surface area contributed by atoms with Gasteiger partial charge < -0.3 is 14.6 Å². The van der Waals surface area contributed by atoms with Crippen molar-refractivity contribution in [1.82, 2.24) is 10.2 Å². The maximum atomic E-state index is 13.2. The van der Waals surface area contributed by atoms with Gasteiger partial charge in [-0.15, -0.1) is 10.2 Å². The lowest BCUT2D eigenvalue weighted by molar-refractivity contribution is -0.137. The van der Waals surface area contributed by atoms with E-state index in [1.165, 1.54) is 6.07 Å². The third-order valence-electron chi connectivity index (χ3n) is 4.87. The zero-order valence-corrected chi connectivity index (χ0v) is 19.1. The molecule has 0 radical (unpaired) electrons. The zero-order chi connectivity index (χ0) is 22.7. The van der Waals surface area contributed by atoms with E-state index in [9.17, 15) is 18.0 Å². The van der Waals surface area contributed by atoms with Gasteiger partial charge in [0.15, 0.2) is 0 Å². The number of amides is 1. The summed E-state index contributed by atoms with van der Waals surface area (Å²) in [6, 6.07) is 10.7. The summed E-state index contributed by atoms with van der Waals surface area (Å²) in [7, 11) is 0. The van der Waals surface area contributed by atoms with Crippen molar-refractivity contribution >= 4 is 45.0 Å². The van der Waals surface area contributed by atoms with Crippen LogP contribution >= 0.6 is 27.7 Å². The van der Waals surface area contributed by atoms with Crippen molar-refractivity contribution in [2.75, 3.05) is 29.1 Å². The van der Waals surface area contributed by atoms with Gasteiger partial charge in [0.05, 0.1) is 22.7 Å². The van der Waals surface area contributed by atoms with Crippen LogP contribution in [0.4, 0.5) is 24.5 Å². The molecule has 2 heterocycles. The van der Waals surface area contributed by atoms with Crippen molar-refractivity contribution < 1.29 is 22.4 Å². The largest absolute Gasteiger partial charge is 0.416 e. The molecule has 6 nitrogen and oxygen atoms in total. The molecule has 1 fully saturated rings. The number of hydrogen-bond acceptors (Lipinski definition) is 6. The van der Waals surface area contributed by atoms with Gasteiger partial charge in [-0.1, -0.05) is 27.7 Å². The van der Waals surface area contributed by atoms with Crippen LogP contribution in [0.2, 0.25) is 0 Å². The summed E-state index contributed by atoms with van der Waals surface area (Å²) < 4.78 is 46.0. The normalized spacial score (nSPS) is 14.1. The van der Waals surface area contributed by atoms with Gasteiger partial charge in [-0.2, -0.15) is 13.2 Å². The molecule has 0 spiro atoms. The molecule has 32 heavy (non-hydrogen) atoms. The summed E-state index contributed by atoms with van der Waals surface area (Å²) in [5.74, 6) is -0.0688. The van der Waals surface area contributed by atoms with Gasteiger partial charge in [-0.05, 0) is 55.3 Å². The summed E-state index contributed by atoms with van der Waals surface area (Å²) in [6.07, 6.45) is -2.65. The Labute approximate surface area is 194 Å². The fourth-order valence-corrected chi connectivity index (χ4v) is 4.15. The highest BCUT2D eigenvalue weighted by molar-refractivity contribution is 9.10. The molecule has 1 aliphatic rings. The maximum Gasteiger partial charge on any atom is 0.416 e. The summed E-state index contributed by atoms with van der Waals surface area (Å²) in [4.78, 5) is 14.3. The fraction of sp³-hybridized carbons (Fsp3) is 0.286. The van der Waals surface area contributed by atoms with Gasteiger partial charge in [-0.3, -0.25) is 4.79 Å². The second-order valence-corrected chi connectivity index (χ2v) is 8.98. The SMILES string of the molecule is O=C(CSc1nnc(-c2ccc(Br)cc2)o1)Nc1ccc(C(F)(F)F)cc1N1CCCC1. The van der Waals surface area contributed by atoms with Gasteiger partial charge in [-0.25, -0.2) is 0 Å². The third kappa shape index (κ3) is 5.44. The highest BCUT2D eigenvalue weighted by Gasteiger charge is 2.32. The Bertz CT molecular complexity index is 1100. The van der Waals surface area contributed by atoms with Crippen molar-refractivity contribution in [1.29, 1.82) is 0 Å². The minimum absolute atomic E-state index is 0.0254. The molecule has 3 aromatic rings. The topological polar surface area (TPSA) is 71.3 Å². The average molecular weight is 527 g/mol. The van der Waals surface area contributed by atoms with E-state index in [2.05, 4.69) is 31.4 Å². The number of halogens is 4. The number of carbonyl (C=O) groups is 1. The number of nitrogens with zero attached hydrogens (tertiary/aromatic N) is 3. The first-order valence-electron chi connectivity index (χ1n) is 9.78. The quantitative estimate of drug-likeness (QED) is 0.406. The predicted molar refractivity (Wildman–Crippen MR) is 120 cm³/mol. The monoisotopic (exact) mass is 526 g/mol. The Morgan fingerprint density at radius 2 is 1.84 bits per heavy atom. The van der Waals surface area contributed by atoms with E-state index in [4.69, 9.17) is 4.42 Å². The van der Waals surface area contributed by atoms with E-state index < -0.39 is 11.7 Å². The van der Waals surface area contributed by atoms with E-state index in [0.717, 1.165) is 46.8 Å². The van der Waals surface area contributed by atoms with Crippen LogP contribution in [0, 0.1) is 0 Å². The first-order valence-corrected chi connectivity index (χ1v) is 11.6. The Hall–Kier alpha value is -2.53. The number of aromatic nitrogens is 2. The lowest BCUT2D eigenvalue weighted by Gasteiger charge is -2.23. The number of anilines is 2. The minimum atomic E-state index is -4.45. The molecular formula is C21H18BrF3N4O2S. The molecule has 168 valence electrons. The molecule has 4 rings (SSSR count). The van der Waals surface area contributed by atoms with Crippen LogP contribution in [0.15, 0.2) is 56.6 Å². The third-order valence-corrected chi connectivity index (χ3v) is 6.22. The molecule has 0 aliphatic carbocycles. The Morgan fingerprint density at radius 3 is 2.53 bits per heavy atom. The minimum Gasteiger partial charge on any atom is -0.411 e. The van der Waals surface area contributed by atoms with Crippen molar-refractivity contribution in [3.63, 3.8) is 0 Å². The number of hydrogen-bond donors (Lipinski definition) is 1. The Balaban J connectivity index is 1.42. The fourth-order valence-electron chi connectivity index (χ4n) is 3.32. The summed E-state index contributed by atoms with van der Waals surface area (Å²) >= 11 is 4.41. The van der Waals surface area contributed by atoms with Crippen LogP contribution in [-0.4, -0.2) is 34.9 Å². The molecule has 1 amide bonds. The van der Waals surface area contributed by atoms with Crippen LogP contribution < -0.4 is 10.2 Å². The summed E-state index contributed by atoms with van der Waals surface area (Å²) in [6.45, 7) is 1.31. The van der Waals surface area contributed by atoms with Gasteiger partial charge in [0.1, 0.15) is 0 Å². The smallest absolute Gasteiger partial charge is 0.411 e. The molecule has 11 heteroatoms. The van der Waals surface area contributed by atoms with E-state index in [-0.39, 0.29) is 16.9 Å². The Morgan fingerprint density at radius 1 is 1.12 bits per heavy atom. The highest BCUT2D eigenvalue weighted by Crippen LogP contribution is 2.37. The summed E-state index contributed by atoms with van der Waals surface area (Å²) in [5.41, 5.74) is 0.743.